The normalized spacial score (nSPS) is 33.1. The molecule has 4 atom stereocenters. The highest BCUT2D eigenvalue weighted by molar-refractivity contribution is 5.49. The average Bonchev–Trinajstić information content (AvgIpc) is 2.46. The number of ether oxygens (including phenoxy) is 2. The molecular formula is C17H25NO3. The Bertz CT molecular complexity index is 495. The van der Waals surface area contributed by atoms with Crippen LogP contribution in [0.4, 0.5) is 0 Å². The van der Waals surface area contributed by atoms with Gasteiger partial charge in [0.05, 0.1) is 13.2 Å². The summed E-state index contributed by atoms with van der Waals surface area (Å²) in [6.07, 6.45) is 0.756. The maximum atomic E-state index is 10.8. The Morgan fingerprint density at radius 3 is 2.62 bits per heavy atom. The molecule has 1 aromatic rings. The van der Waals surface area contributed by atoms with Gasteiger partial charge in [0.25, 0.3) is 0 Å². The monoisotopic (exact) mass is 291 g/mol. The summed E-state index contributed by atoms with van der Waals surface area (Å²) < 4.78 is 11.3. The standard InChI is InChI=1S/C17H25NO3/c1-11-7-12(2)9-18(8-11)14-10-21-17-13(16(14)19)5-4-6-15(17)20-3/h4-6,11-12,14,16,19H,7-10H2,1-3H3. The van der Waals surface area contributed by atoms with Gasteiger partial charge >= 0.3 is 0 Å². The lowest BCUT2D eigenvalue weighted by atomic mass is 9.88. The van der Waals surface area contributed by atoms with Crippen molar-refractivity contribution < 1.29 is 14.6 Å². The second-order valence-electron chi connectivity index (χ2n) is 6.60. The molecular weight excluding hydrogens is 266 g/mol. The number of hydrogen-bond donors (Lipinski definition) is 1. The molecule has 2 aliphatic heterocycles. The number of benzene rings is 1. The molecule has 1 fully saturated rings. The maximum absolute atomic E-state index is 10.8. The molecule has 4 unspecified atom stereocenters. The van der Waals surface area contributed by atoms with Gasteiger partial charge in [-0.25, -0.2) is 0 Å². The fourth-order valence-electron chi connectivity index (χ4n) is 3.84. The molecule has 1 saturated heterocycles. The lowest BCUT2D eigenvalue weighted by Crippen LogP contribution is -2.51. The van der Waals surface area contributed by atoms with Crippen LogP contribution in [0, 0.1) is 11.8 Å². The number of para-hydroxylation sites is 1. The van der Waals surface area contributed by atoms with E-state index in [9.17, 15) is 5.11 Å². The summed E-state index contributed by atoms with van der Waals surface area (Å²) in [6.45, 7) is 7.17. The minimum atomic E-state index is -0.513. The molecule has 0 amide bonds. The van der Waals surface area contributed by atoms with E-state index in [1.807, 2.05) is 18.2 Å². The van der Waals surface area contributed by atoms with Crippen molar-refractivity contribution >= 4 is 0 Å². The molecule has 0 saturated carbocycles. The van der Waals surface area contributed by atoms with Crippen molar-refractivity contribution in [2.75, 3.05) is 26.8 Å². The fourth-order valence-corrected chi connectivity index (χ4v) is 3.84. The molecule has 4 heteroatoms. The number of fused-ring (bicyclic) bond motifs is 1. The SMILES string of the molecule is COc1cccc2c1OCC(N1CC(C)CC(C)C1)C2O. The third kappa shape index (κ3) is 2.74. The van der Waals surface area contributed by atoms with Crippen LogP contribution in [0.1, 0.15) is 31.9 Å². The predicted molar refractivity (Wildman–Crippen MR) is 81.8 cm³/mol. The van der Waals surface area contributed by atoms with Crippen LogP contribution in [0.25, 0.3) is 0 Å². The Labute approximate surface area is 126 Å². The van der Waals surface area contributed by atoms with Crippen molar-refractivity contribution in [3.63, 3.8) is 0 Å². The minimum absolute atomic E-state index is 0.0369. The number of likely N-dealkylation sites (tertiary alicyclic amines) is 1. The molecule has 4 nitrogen and oxygen atoms in total. The summed E-state index contributed by atoms with van der Waals surface area (Å²) in [5.41, 5.74) is 0.844. The van der Waals surface area contributed by atoms with Gasteiger partial charge in [-0.2, -0.15) is 0 Å². The van der Waals surface area contributed by atoms with E-state index in [4.69, 9.17) is 9.47 Å². The maximum Gasteiger partial charge on any atom is 0.167 e. The molecule has 0 radical (unpaired) electrons. The summed E-state index contributed by atoms with van der Waals surface area (Å²) in [4.78, 5) is 2.39. The molecule has 2 aliphatic rings. The van der Waals surface area contributed by atoms with E-state index in [1.54, 1.807) is 7.11 Å². The highest BCUT2D eigenvalue weighted by Gasteiger charge is 2.37. The van der Waals surface area contributed by atoms with Gasteiger partial charge in [0.2, 0.25) is 0 Å². The van der Waals surface area contributed by atoms with Gasteiger partial charge in [0.1, 0.15) is 12.7 Å². The zero-order chi connectivity index (χ0) is 15.0. The van der Waals surface area contributed by atoms with E-state index >= 15 is 0 Å². The van der Waals surface area contributed by atoms with Gasteiger partial charge in [0.15, 0.2) is 11.5 Å². The molecule has 1 N–H and O–H groups in total. The average molecular weight is 291 g/mol. The summed E-state index contributed by atoms with van der Waals surface area (Å²) in [5, 5.41) is 10.8. The third-order valence-electron chi connectivity index (χ3n) is 4.68. The van der Waals surface area contributed by atoms with E-state index in [1.165, 1.54) is 6.42 Å². The van der Waals surface area contributed by atoms with Gasteiger partial charge in [-0.3, -0.25) is 4.90 Å². The second-order valence-corrected chi connectivity index (χ2v) is 6.60. The quantitative estimate of drug-likeness (QED) is 0.909. The molecule has 0 aromatic heterocycles. The van der Waals surface area contributed by atoms with Crippen molar-refractivity contribution in [2.45, 2.75) is 32.4 Å². The van der Waals surface area contributed by atoms with E-state index in [-0.39, 0.29) is 6.04 Å². The number of aliphatic hydroxyl groups excluding tert-OH is 1. The molecule has 21 heavy (non-hydrogen) atoms. The van der Waals surface area contributed by atoms with E-state index < -0.39 is 6.10 Å². The highest BCUT2D eigenvalue weighted by atomic mass is 16.5. The van der Waals surface area contributed by atoms with Crippen LogP contribution in [0.2, 0.25) is 0 Å². The van der Waals surface area contributed by atoms with E-state index in [0.29, 0.717) is 29.9 Å². The van der Waals surface area contributed by atoms with Crippen molar-refractivity contribution in [1.82, 2.24) is 4.90 Å². The zero-order valence-corrected chi connectivity index (χ0v) is 13.1. The van der Waals surface area contributed by atoms with Crippen LogP contribution in [0.3, 0.4) is 0 Å². The number of hydrogen-bond acceptors (Lipinski definition) is 4. The Morgan fingerprint density at radius 1 is 1.24 bits per heavy atom. The summed E-state index contributed by atoms with van der Waals surface area (Å²) in [7, 11) is 1.63. The topological polar surface area (TPSA) is 41.9 Å². The van der Waals surface area contributed by atoms with Gasteiger partial charge in [-0.15, -0.1) is 0 Å². The van der Waals surface area contributed by atoms with Crippen molar-refractivity contribution in [3.8, 4) is 11.5 Å². The first-order valence-corrected chi connectivity index (χ1v) is 7.82. The molecule has 1 aromatic carbocycles. The fraction of sp³-hybridized carbons (Fsp3) is 0.647. The first-order chi connectivity index (χ1) is 10.1. The van der Waals surface area contributed by atoms with Crippen LogP contribution in [0.5, 0.6) is 11.5 Å². The number of nitrogens with zero attached hydrogens (tertiary/aromatic N) is 1. The Morgan fingerprint density at radius 2 is 1.95 bits per heavy atom. The van der Waals surface area contributed by atoms with Gasteiger partial charge in [-0.05, 0) is 24.3 Å². The minimum Gasteiger partial charge on any atom is -0.493 e. The second kappa shape index (κ2) is 5.85. The molecule has 116 valence electrons. The third-order valence-corrected chi connectivity index (χ3v) is 4.68. The first kappa shape index (κ1) is 14.7. The number of aliphatic hydroxyl groups is 1. The molecule has 2 heterocycles. The number of rotatable bonds is 2. The first-order valence-electron chi connectivity index (χ1n) is 7.82. The highest BCUT2D eigenvalue weighted by Crippen LogP contribution is 2.41. The summed E-state index contributed by atoms with van der Waals surface area (Å²) in [6, 6.07) is 5.76. The van der Waals surface area contributed by atoms with E-state index in [0.717, 1.165) is 18.7 Å². The zero-order valence-electron chi connectivity index (χ0n) is 13.1. The number of piperidine rings is 1. The summed E-state index contributed by atoms with van der Waals surface area (Å²) >= 11 is 0. The Hall–Kier alpha value is -1.26. The van der Waals surface area contributed by atoms with Gasteiger partial charge < -0.3 is 14.6 Å². The Kier molecular flexibility index (Phi) is 4.09. The van der Waals surface area contributed by atoms with Crippen LogP contribution in [-0.2, 0) is 0 Å². The molecule has 0 aliphatic carbocycles. The largest absolute Gasteiger partial charge is 0.493 e. The van der Waals surface area contributed by atoms with Crippen LogP contribution in [-0.4, -0.2) is 42.9 Å². The summed E-state index contributed by atoms with van der Waals surface area (Å²) in [5.74, 6) is 2.74. The van der Waals surface area contributed by atoms with Crippen molar-refractivity contribution in [3.05, 3.63) is 23.8 Å². The van der Waals surface area contributed by atoms with E-state index in [2.05, 4.69) is 18.7 Å². The van der Waals surface area contributed by atoms with Crippen LogP contribution in [0.15, 0.2) is 18.2 Å². The van der Waals surface area contributed by atoms with Crippen LogP contribution >= 0.6 is 0 Å². The Balaban J connectivity index is 1.83. The van der Waals surface area contributed by atoms with Crippen molar-refractivity contribution in [2.24, 2.45) is 11.8 Å². The lowest BCUT2D eigenvalue weighted by molar-refractivity contribution is -0.0234. The van der Waals surface area contributed by atoms with Crippen LogP contribution < -0.4 is 9.47 Å². The van der Waals surface area contributed by atoms with Crippen molar-refractivity contribution in [1.29, 1.82) is 0 Å². The molecule has 3 rings (SSSR count). The molecule has 0 bridgehead atoms. The predicted octanol–water partition coefficient (Wildman–Crippen LogP) is 2.47. The lowest BCUT2D eigenvalue weighted by Gasteiger charge is -2.43. The molecule has 0 spiro atoms. The smallest absolute Gasteiger partial charge is 0.167 e. The van der Waals surface area contributed by atoms with Gasteiger partial charge in [-0.1, -0.05) is 26.0 Å². The van der Waals surface area contributed by atoms with Gasteiger partial charge in [0, 0.05) is 18.7 Å². The number of methoxy groups -OCH3 is 1.